The molecule has 0 saturated carbocycles. The third-order valence-electron chi connectivity index (χ3n) is 3.81. The summed E-state index contributed by atoms with van der Waals surface area (Å²) in [5, 5.41) is 56.7. The highest BCUT2D eigenvalue weighted by molar-refractivity contribution is 6.33. The van der Waals surface area contributed by atoms with Gasteiger partial charge in [-0.25, -0.2) is 0 Å². The molecule has 7 N–H and O–H groups in total. The van der Waals surface area contributed by atoms with Crippen molar-refractivity contribution in [2.75, 3.05) is 17.5 Å². The van der Waals surface area contributed by atoms with E-state index < -0.39 is 31.0 Å². The first-order valence-electron chi connectivity index (χ1n) is 8.59. The topological polar surface area (TPSA) is 150 Å². The molecular formula is C19H24N4O5. The zero-order valence-electron chi connectivity index (χ0n) is 15.0. The number of anilines is 2. The van der Waals surface area contributed by atoms with Crippen LogP contribution >= 0.6 is 0 Å². The average Bonchev–Trinajstić information content (AvgIpc) is 2.75. The van der Waals surface area contributed by atoms with Crippen molar-refractivity contribution in [2.24, 2.45) is 10.2 Å². The molecule has 28 heavy (non-hydrogen) atoms. The van der Waals surface area contributed by atoms with Crippen LogP contribution in [-0.2, 0) is 0 Å². The van der Waals surface area contributed by atoms with Crippen LogP contribution < -0.4 is 10.9 Å². The van der Waals surface area contributed by atoms with E-state index in [4.69, 9.17) is 5.11 Å². The summed E-state index contributed by atoms with van der Waals surface area (Å²) in [5.41, 5.74) is 6.68. The highest BCUT2D eigenvalue weighted by Crippen LogP contribution is 2.09. The van der Waals surface area contributed by atoms with Gasteiger partial charge in [0.05, 0.1) is 24.2 Å². The van der Waals surface area contributed by atoms with Crippen LogP contribution in [0.1, 0.15) is 0 Å². The van der Waals surface area contributed by atoms with Crippen LogP contribution in [0.25, 0.3) is 0 Å². The molecule has 0 aliphatic carbocycles. The number of aliphatic hydroxyl groups is 5. The number of nitrogens with zero attached hydrogens (tertiary/aromatic N) is 2. The zero-order valence-corrected chi connectivity index (χ0v) is 15.0. The first-order valence-corrected chi connectivity index (χ1v) is 8.59. The molecule has 0 heterocycles. The Morgan fingerprint density at radius 2 is 1.36 bits per heavy atom. The third kappa shape index (κ3) is 6.41. The summed E-state index contributed by atoms with van der Waals surface area (Å²) < 4.78 is 0. The number of nitrogens with one attached hydrogen (secondary N) is 2. The van der Waals surface area contributed by atoms with Crippen molar-refractivity contribution >= 4 is 23.3 Å². The van der Waals surface area contributed by atoms with Crippen LogP contribution in [0.3, 0.4) is 0 Å². The second-order valence-corrected chi connectivity index (χ2v) is 5.93. The van der Waals surface area contributed by atoms with E-state index in [1.165, 1.54) is 6.21 Å². The monoisotopic (exact) mass is 388 g/mol. The van der Waals surface area contributed by atoms with E-state index in [0.29, 0.717) is 11.4 Å². The minimum Gasteiger partial charge on any atom is -0.394 e. The zero-order chi connectivity index (χ0) is 20.4. The summed E-state index contributed by atoms with van der Waals surface area (Å²) in [7, 11) is 0. The van der Waals surface area contributed by atoms with Crippen molar-refractivity contribution in [1.82, 2.24) is 0 Å². The number of benzene rings is 2. The number of rotatable bonds is 10. The Morgan fingerprint density at radius 1 is 0.821 bits per heavy atom. The molecule has 0 radical (unpaired) electrons. The maximum Gasteiger partial charge on any atom is 0.128 e. The van der Waals surface area contributed by atoms with Gasteiger partial charge in [-0.3, -0.25) is 10.9 Å². The van der Waals surface area contributed by atoms with Crippen molar-refractivity contribution in [3.63, 3.8) is 0 Å². The fraction of sp³-hybridized carbons (Fsp3) is 0.263. The van der Waals surface area contributed by atoms with Crippen LogP contribution in [0.4, 0.5) is 11.4 Å². The molecule has 9 heteroatoms. The highest BCUT2D eigenvalue weighted by atomic mass is 16.4. The number of aliphatic hydroxyl groups excluding tert-OH is 5. The van der Waals surface area contributed by atoms with E-state index >= 15 is 0 Å². The number of hydrazone groups is 2. The maximum absolute atomic E-state index is 10.4. The van der Waals surface area contributed by atoms with E-state index in [1.807, 2.05) is 24.3 Å². The molecule has 2 rings (SSSR count). The first kappa shape index (κ1) is 21.5. The molecule has 0 saturated heterocycles. The minimum atomic E-state index is -1.80. The van der Waals surface area contributed by atoms with E-state index in [1.54, 1.807) is 36.4 Å². The fourth-order valence-corrected chi connectivity index (χ4v) is 2.20. The lowest BCUT2D eigenvalue weighted by Crippen LogP contribution is -2.49. The molecule has 0 aromatic heterocycles. The van der Waals surface area contributed by atoms with Gasteiger partial charge in [0.25, 0.3) is 0 Å². The first-order chi connectivity index (χ1) is 13.5. The molecule has 0 amide bonds. The van der Waals surface area contributed by atoms with Gasteiger partial charge in [-0.2, -0.15) is 10.2 Å². The van der Waals surface area contributed by atoms with E-state index in [0.717, 1.165) is 0 Å². The summed E-state index contributed by atoms with van der Waals surface area (Å²) in [6.07, 6.45) is -5.71. The van der Waals surface area contributed by atoms with E-state index in [9.17, 15) is 20.4 Å². The van der Waals surface area contributed by atoms with Gasteiger partial charge >= 0.3 is 0 Å². The lowest BCUT2D eigenvalue weighted by molar-refractivity contribution is -0.100. The predicted octanol–water partition coefficient (Wildman–Crippen LogP) is -0.0117. The van der Waals surface area contributed by atoms with Crippen LogP contribution in [0.2, 0.25) is 0 Å². The Labute approximate surface area is 162 Å². The van der Waals surface area contributed by atoms with Gasteiger partial charge in [0, 0.05) is 0 Å². The number of hydrogen-bond donors (Lipinski definition) is 7. The van der Waals surface area contributed by atoms with Crippen molar-refractivity contribution in [2.45, 2.75) is 24.4 Å². The van der Waals surface area contributed by atoms with Gasteiger partial charge in [-0.1, -0.05) is 36.4 Å². The molecule has 0 spiro atoms. The van der Waals surface area contributed by atoms with Gasteiger partial charge in [0.1, 0.15) is 30.1 Å². The molecule has 4 atom stereocenters. The summed E-state index contributed by atoms with van der Waals surface area (Å²) in [4.78, 5) is 0. The van der Waals surface area contributed by atoms with Gasteiger partial charge in [0.2, 0.25) is 0 Å². The molecular weight excluding hydrogens is 364 g/mol. The van der Waals surface area contributed by atoms with Gasteiger partial charge in [0.15, 0.2) is 0 Å². The van der Waals surface area contributed by atoms with Crippen molar-refractivity contribution < 1.29 is 25.5 Å². The van der Waals surface area contributed by atoms with Crippen LogP contribution in [-0.4, -0.2) is 68.5 Å². The smallest absolute Gasteiger partial charge is 0.128 e. The minimum absolute atomic E-state index is 0.107. The molecule has 2 aromatic carbocycles. The van der Waals surface area contributed by atoms with Crippen LogP contribution in [0, 0.1) is 0 Å². The van der Waals surface area contributed by atoms with Crippen LogP contribution in [0.5, 0.6) is 0 Å². The Bertz CT molecular complexity index is 757. The average molecular weight is 388 g/mol. The second-order valence-electron chi connectivity index (χ2n) is 5.93. The lowest BCUT2D eigenvalue weighted by Gasteiger charge is -2.25. The van der Waals surface area contributed by atoms with E-state index in [2.05, 4.69) is 21.1 Å². The highest BCUT2D eigenvalue weighted by Gasteiger charge is 2.32. The summed E-state index contributed by atoms with van der Waals surface area (Å²) >= 11 is 0. The van der Waals surface area contributed by atoms with Gasteiger partial charge in [-0.15, -0.1) is 0 Å². The maximum atomic E-state index is 10.4. The summed E-state index contributed by atoms with van der Waals surface area (Å²) in [6.45, 7) is -0.774. The lowest BCUT2D eigenvalue weighted by atomic mass is 10.0. The molecule has 0 aliphatic heterocycles. The summed E-state index contributed by atoms with van der Waals surface area (Å²) in [5.74, 6) is 0. The summed E-state index contributed by atoms with van der Waals surface area (Å²) in [6, 6.07) is 17.9. The largest absolute Gasteiger partial charge is 0.394 e. The molecule has 0 fully saturated rings. The van der Waals surface area contributed by atoms with Crippen molar-refractivity contribution in [3.8, 4) is 0 Å². The molecule has 0 bridgehead atoms. The number of hydrogen-bond acceptors (Lipinski definition) is 9. The van der Waals surface area contributed by atoms with Crippen molar-refractivity contribution in [1.29, 1.82) is 0 Å². The fourth-order valence-electron chi connectivity index (χ4n) is 2.20. The Morgan fingerprint density at radius 3 is 1.89 bits per heavy atom. The molecule has 4 unspecified atom stereocenters. The van der Waals surface area contributed by atoms with E-state index in [-0.39, 0.29) is 5.71 Å². The van der Waals surface area contributed by atoms with Crippen LogP contribution in [0.15, 0.2) is 70.9 Å². The number of para-hydroxylation sites is 2. The standard InChI is InChI=1S/C19H24N4O5/c24-12-16(25)18(27)19(28)17(26)15(23-22-14-9-5-2-6-10-14)11-20-21-13-7-3-1-4-8-13/h1-11,16-19,21-22,24-28H,12H2/b20-11+,23-15+. The molecule has 0 aliphatic rings. The Kier molecular flexibility index (Phi) is 8.53. The van der Waals surface area contributed by atoms with Gasteiger partial charge in [-0.05, 0) is 24.3 Å². The normalized spacial score (nSPS) is 16.4. The Balaban J connectivity index is 2.16. The van der Waals surface area contributed by atoms with Crippen molar-refractivity contribution in [3.05, 3.63) is 60.7 Å². The Hall–Kier alpha value is -2.82. The second kappa shape index (κ2) is 11.1. The SMILES string of the molecule is OCC(O)C(O)C(O)C(O)C(/C=N/Nc1ccccc1)=N/Nc1ccccc1. The molecule has 150 valence electrons. The molecule has 2 aromatic rings. The predicted molar refractivity (Wildman–Crippen MR) is 107 cm³/mol. The quantitative estimate of drug-likeness (QED) is 0.223. The van der Waals surface area contributed by atoms with Gasteiger partial charge < -0.3 is 25.5 Å². The molecule has 9 nitrogen and oxygen atoms in total. The third-order valence-corrected chi connectivity index (χ3v) is 3.81.